The highest BCUT2D eigenvalue weighted by molar-refractivity contribution is 5.80. The number of rotatable bonds is 3. The van der Waals surface area contributed by atoms with Crippen LogP contribution in [0.25, 0.3) is 0 Å². The van der Waals surface area contributed by atoms with Crippen LogP contribution < -0.4 is 21.1 Å². The van der Waals surface area contributed by atoms with Gasteiger partial charge in [-0.2, -0.15) is 0 Å². The van der Waals surface area contributed by atoms with Gasteiger partial charge in [0.1, 0.15) is 0 Å². The molecule has 4 N–H and O–H groups in total. The summed E-state index contributed by atoms with van der Waals surface area (Å²) in [5, 5.41) is 5.79. The zero-order valence-electron chi connectivity index (χ0n) is 9.42. The van der Waals surface area contributed by atoms with Gasteiger partial charge in [0.15, 0.2) is 11.6 Å². The lowest BCUT2D eigenvalue weighted by atomic mass is 10.2. The summed E-state index contributed by atoms with van der Waals surface area (Å²) in [6, 6.07) is 2.67. The van der Waals surface area contributed by atoms with Crippen molar-refractivity contribution in [3.63, 3.8) is 0 Å². The van der Waals surface area contributed by atoms with E-state index >= 15 is 0 Å². The quantitative estimate of drug-likeness (QED) is 0.679. The number of carbonyl (C=O) groups is 1. The minimum Gasteiger partial charge on any atom is -0.494 e. The monoisotopic (exact) mass is 239 g/mol. The average Bonchev–Trinajstić information content (AvgIpc) is 2.68. The molecule has 1 heterocycles. The summed E-state index contributed by atoms with van der Waals surface area (Å²) in [5.41, 5.74) is 6.56. The van der Waals surface area contributed by atoms with Crippen LogP contribution >= 0.6 is 0 Å². The van der Waals surface area contributed by atoms with Gasteiger partial charge < -0.3 is 21.1 Å². The van der Waals surface area contributed by atoms with Gasteiger partial charge in [0.05, 0.1) is 24.5 Å². The topological polar surface area (TPSA) is 76.4 Å². The Morgan fingerprint density at radius 1 is 1.59 bits per heavy atom. The maximum atomic E-state index is 13.3. The maximum Gasteiger partial charge on any atom is 0.222 e. The summed E-state index contributed by atoms with van der Waals surface area (Å²) in [6.07, 6.45) is 0.388. The molecule has 92 valence electrons. The molecule has 0 bridgehead atoms. The number of amides is 1. The smallest absolute Gasteiger partial charge is 0.222 e. The molecule has 1 aromatic carbocycles. The summed E-state index contributed by atoms with van der Waals surface area (Å²) in [6.45, 7) is 0.540. The van der Waals surface area contributed by atoms with Crippen molar-refractivity contribution in [2.24, 2.45) is 0 Å². The first kappa shape index (κ1) is 11.5. The van der Waals surface area contributed by atoms with Crippen molar-refractivity contribution < 1.29 is 13.9 Å². The number of benzene rings is 1. The fraction of sp³-hybridized carbons (Fsp3) is 0.364. The van der Waals surface area contributed by atoms with Gasteiger partial charge in [-0.25, -0.2) is 4.39 Å². The molecular formula is C11H14FN3O2. The molecule has 5 nitrogen and oxygen atoms in total. The Hall–Kier alpha value is -1.98. The fourth-order valence-electron chi connectivity index (χ4n) is 1.78. The first-order chi connectivity index (χ1) is 8.10. The molecule has 1 saturated heterocycles. The van der Waals surface area contributed by atoms with E-state index in [4.69, 9.17) is 10.5 Å². The predicted molar refractivity (Wildman–Crippen MR) is 62.4 cm³/mol. The van der Waals surface area contributed by atoms with E-state index in [0.717, 1.165) is 0 Å². The second-order valence-corrected chi connectivity index (χ2v) is 3.92. The lowest BCUT2D eigenvalue weighted by Crippen LogP contribution is -2.22. The average molecular weight is 239 g/mol. The van der Waals surface area contributed by atoms with Crippen molar-refractivity contribution >= 4 is 17.3 Å². The van der Waals surface area contributed by atoms with Crippen molar-refractivity contribution in [3.05, 3.63) is 17.9 Å². The molecule has 0 saturated carbocycles. The van der Waals surface area contributed by atoms with Gasteiger partial charge in [-0.1, -0.05) is 0 Å². The van der Waals surface area contributed by atoms with E-state index in [1.807, 2.05) is 0 Å². The van der Waals surface area contributed by atoms with Gasteiger partial charge in [0, 0.05) is 25.1 Å². The van der Waals surface area contributed by atoms with Crippen LogP contribution in [0.1, 0.15) is 6.42 Å². The molecule has 1 amide bonds. The molecule has 17 heavy (non-hydrogen) atoms. The number of carbonyl (C=O) groups excluding carboxylic acids is 1. The number of hydrogen-bond donors (Lipinski definition) is 3. The number of hydrogen-bond acceptors (Lipinski definition) is 4. The van der Waals surface area contributed by atoms with Crippen molar-refractivity contribution in [1.82, 2.24) is 5.32 Å². The Kier molecular flexibility index (Phi) is 3.03. The number of halogens is 1. The summed E-state index contributed by atoms with van der Waals surface area (Å²) in [7, 11) is 1.39. The zero-order valence-corrected chi connectivity index (χ0v) is 9.42. The Balaban J connectivity index is 2.17. The molecule has 6 heteroatoms. The minimum absolute atomic E-state index is 0.00449. The number of anilines is 2. The van der Waals surface area contributed by atoms with E-state index in [0.29, 0.717) is 24.3 Å². The summed E-state index contributed by atoms with van der Waals surface area (Å²) in [5.74, 6) is -0.384. The van der Waals surface area contributed by atoms with E-state index in [-0.39, 0.29) is 17.7 Å². The van der Waals surface area contributed by atoms with E-state index in [1.54, 1.807) is 0 Å². The molecule has 1 aliphatic rings. The maximum absolute atomic E-state index is 13.3. The Bertz CT molecular complexity index is 451. The lowest BCUT2D eigenvalue weighted by molar-refractivity contribution is -0.119. The molecule has 1 aliphatic heterocycles. The molecule has 1 atom stereocenters. The molecule has 1 fully saturated rings. The lowest BCUT2D eigenvalue weighted by Gasteiger charge is -2.15. The van der Waals surface area contributed by atoms with Crippen LogP contribution in [0.15, 0.2) is 12.1 Å². The molecule has 0 aliphatic carbocycles. The Morgan fingerprint density at radius 2 is 2.35 bits per heavy atom. The van der Waals surface area contributed by atoms with Crippen molar-refractivity contribution in [2.75, 3.05) is 24.7 Å². The van der Waals surface area contributed by atoms with E-state index in [2.05, 4.69) is 10.6 Å². The van der Waals surface area contributed by atoms with Crippen molar-refractivity contribution in [1.29, 1.82) is 0 Å². The van der Waals surface area contributed by atoms with Crippen LogP contribution in [0, 0.1) is 5.82 Å². The molecule has 0 aromatic heterocycles. The van der Waals surface area contributed by atoms with Crippen LogP contribution in [-0.2, 0) is 4.79 Å². The second kappa shape index (κ2) is 4.48. The van der Waals surface area contributed by atoms with Gasteiger partial charge in [-0.3, -0.25) is 4.79 Å². The van der Waals surface area contributed by atoms with Crippen LogP contribution in [0.2, 0.25) is 0 Å². The summed E-state index contributed by atoms with van der Waals surface area (Å²) in [4.78, 5) is 11.0. The first-order valence-electron chi connectivity index (χ1n) is 5.26. The van der Waals surface area contributed by atoms with E-state index in [1.165, 1.54) is 19.2 Å². The van der Waals surface area contributed by atoms with Crippen molar-refractivity contribution in [3.8, 4) is 5.75 Å². The van der Waals surface area contributed by atoms with Gasteiger partial charge in [-0.15, -0.1) is 0 Å². The van der Waals surface area contributed by atoms with Crippen LogP contribution in [0.5, 0.6) is 5.75 Å². The highest BCUT2D eigenvalue weighted by Gasteiger charge is 2.22. The van der Waals surface area contributed by atoms with Crippen molar-refractivity contribution in [2.45, 2.75) is 12.5 Å². The molecule has 2 rings (SSSR count). The molecular weight excluding hydrogens is 225 g/mol. The number of nitrogens with one attached hydrogen (secondary N) is 2. The van der Waals surface area contributed by atoms with Gasteiger partial charge in [0.25, 0.3) is 0 Å². The standard InChI is InChI=1S/C11H14FN3O2/c1-17-10-4-9(8(13)3-7(10)12)15-6-2-11(16)14-5-6/h3-4,6,15H,2,5,13H2,1H3,(H,14,16). The van der Waals surface area contributed by atoms with Crippen LogP contribution in [0.3, 0.4) is 0 Å². The normalized spacial score (nSPS) is 18.9. The van der Waals surface area contributed by atoms with E-state index in [9.17, 15) is 9.18 Å². The molecule has 0 spiro atoms. The number of nitrogen functional groups attached to an aromatic ring is 1. The SMILES string of the molecule is COc1cc(NC2CNC(=O)C2)c(N)cc1F. The van der Waals surface area contributed by atoms with Gasteiger partial charge >= 0.3 is 0 Å². The Labute approximate surface area is 98.1 Å². The number of nitrogens with two attached hydrogens (primary N) is 1. The number of ether oxygens (including phenoxy) is 1. The zero-order chi connectivity index (χ0) is 12.4. The molecule has 1 aromatic rings. The fourth-order valence-corrected chi connectivity index (χ4v) is 1.78. The predicted octanol–water partition coefficient (Wildman–Crippen LogP) is 0.717. The second-order valence-electron chi connectivity index (χ2n) is 3.92. The van der Waals surface area contributed by atoms with E-state index < -0.39 is 5.82 Å². The van der Waals surface area contributed by atoms with Crippen LogP contribution in [0.4, 0.5) is 15.8 Å². The third-order valence-corrected chi connectivity index (χ3v) is 2.66. The highest BCUT2D eigenvalue weighted by atomic mass is 19.1. The van der Waals surface area contributed by atoms with Gasteiger partial charge in [0.2, 0.25) is 5.91 Å². The third-order valence-electron chi connectivity index (χ3n) is 2.66. The highest BCUT2D eigenvalue weighted by Crippen LogP contribution is 2.28. The largest absolute Gasteiger partial charge is 0.494 e. The van der Waals surface area contributed by atoms with Gasteiger partial charge in [-0.05, 0) is 0 Å². The summed E-state index contributed by atoms with van der Waals surface area (Å²) < 4.78 is 18.2. The molecule has 0 radical (unpaired) electrons. The molecule has 1 unspecified atom stereocenters. The Morgan fingerprint density at radius 3 is 2.94 bits per heavy atom. The number of methoxy groups -OCH3 is 1. The minimum atomic E-state index is -0.504. The third kappa shape index (κ3) is 2.41. The summed E-state index contributed by atoms with van der Waals surface area (Å²) >= 11 is 0. The van der Waals surface area contributed by atoms with Crippen LogP contribution in [-0.4, -0.2) is 25.6 Å². The first-order valence-corrected chi connectivity index (χ1v) is 5.26.